The molecule has 0 amide bonds. The molecule has 0 aliphatic carbocycles. The number of hydrogen-bond acceptors (Lipinski definition) is 2. The fraction of sp³-hybridized carbons (Fsp3) is 0.350. The van der Waals surface area contributed by atoms with Crippen LogP contribution < -0.4 is 15.5 Å². The standard InChI is InChI=1S/C20H28N4/c1-21-20(22-15-7-10-17-8-5-4-6-9-17)23-16-18-11-13-19(14-12-18)24(2)3/h4-6,8-9,11-14H,7,10,15-16H2,1-3H3,(H2,21,22,23). The summed E-state index contributed by atoms with van der Waals surface area (Å²) in [6.45, 7) is 1.68. The van der Waals surface area contributed by atoms with Crippen molar-refractivity contribution in [2.75, 3.05) is 32.6 Å². The van der Waals surface area contributed by atoms with E-state index in [1.807, 2.05) is 7.05 Å². The van der Waals surface area contributed by atoms with Gasteiger partial charge < -0.3 is 15.5 Å². The molecule has 0 saturated heterocycles. The van der Waals surface area contributed by atoms with Crippen molar-refractivity contribution in [3.05, 3.63) is 65.7 Å². The lowest BCUT2D eigenvalue weighted by atomic mass is 10.1. The lowest BCUT2D eigenvalue weighted by Crippen LogP contribution is -2.37. The second-order valence-corrected chi connectivity index (χ2v) is 6.00. The molecule has 0 aromatic heterocycles. The highest BCUT2D eigenvalue weighted by Gasteiger charge is 2.00. The zero-order chi connectivity index (χ0) is 17.2. The molecule has 0 aliphatic rings. The van der Waals surface area contributed by atoms with Crippen LogP contribution in [0.2, 0.25) is 0 Å². The summed E-state index contributed by atoms with van der Waals surface area (Å²) >= 11 is 0. The van der Waals surface area contributed by atoms with Crippen LogP contribution >= 0.6 is 0 Å². The van der Waals surface area contributed by atoms with Crippen LogP contribution in [0.15, 0.2) is 59.6 Å². The third-order valence-corrected chi connectivity index (χ3v) is 3.91. The average molecular weight is 324 g/mol. The molecule has 0 bridgehead atoms. The van der Waals surface area contributed by atoms with E-state index in [1.165, 1.54) is 16.8 Å². The van der Waals surface area contributed by atoms with Crippen molar-refractivity contribution in [2.24, 2.45) is 4.99 Å². The highest BCUT2D eigenvalue weighted by molar-refractivity contribution is 5.79. The summed E-state index contributed by atoms with van der Waals surface area (Å²) in [6, 6.07) is 19.1. The van der Waals surface area contributed by atoms with E-state index in [4.69, 9.17) is 0 Å². The molecular weight excluding hydrogens is 296 g/mol. The van der Waals surface area contributed by atoms with Crippen molar-refractivity contribution in [3.8, 4) is 0 Å². The zero-order valence-corrected chi connectivity index (χ0v) is 14.9. The fourth-order valence-electron chi connectivity index (χ4n) is 2.46. The number of aryl methyl sites for hydroxylation is 1. The minimum Gasteiger partial charge on any atom is -0.378 e. The first-order chi connectivity index (χ1) is 11.7. The van der Waals surface area contributed by atoms with Crippen molar-refractivity contribution in [1.29, 1.82) is 0 Å². The van der Waals surface area contributed by atoms with Gasteiger partial charge in [-0.05, 0) is 36.1 Å². The van der Waals surface area contributed by atoms with Crippen LogP contribution in [0.1, 0.15) is 17.5 Å². The van der Waals surface area contributed by atoms with Gasteiger partial charge in [0.15, 0.2) is 5.96 Å². The molecule has 0 fully saturated rings. The third-order valence-electron chi connectivity index (χ3n) is 3.91. The number of nitrogens with zero attached hydrogens (tertiary/aromatic N) is 2. The third kappa shape index (κ3) is 5.95. The maximum Gasteiger partial charge on any atom is 0.191 e. The van der Waals surface area contributed by atoms with Crippen LogP contribution in [-0.2, 0) is 13.0 Å². The molecule has 0 aliphatic heterocycles. The van der Waals surface area contributed by atoms with Crippen LogP contribution in [0.4, 0.5) is 5.69 Å². The predicted octanol–water partition coefficient (Wildman–Crippen LogP) is 3.05. The molecule has 0 atom stereocenters. The van der Waals surface area contributed by atoms with E-state index in [-0.39, 0.29) is 0 Å². The van der Waals surface area contributed by atoms with E-state index in [0.717, 1.165) is 31.9 Å². The molecule has 0 unspecified atom stereocenters. The second kappa shape index (κ2) is 9.60. The minimum absolute atomic E-state index is 0.770. The summed E-state index contributed by atoms with van der Waals surface area (Å²) in [7, 11) is 5.91. The summed E-state index contributed by atoms with van der Waals surface area (Å²) in [5.74, 6) is 0.847. The molecule has 2 rings (SSSR count). The second-order valence-electron chi connectivity index (χ2n) is 6.00. The van der Waals surface area contributed by atoms with Gasteiger partial charge in [0, 0.05) is 39.9 Å². The summed E-state index contributed by atoms with van der Waals surface area (Å²) in [5, 5.41) is 6.73. The molecule has 4 nitrogen and oxygen atoms in total. The molecule has 2 aromatic rings. The quantitative estimate of drug-likeness (QED) is 0.467. The molecule has 2 aromatic carbocycles. The number of hydrogen-bond donors (Lipinski definition) is 2. The molecule has 24 heavy (non-hydrogen) atoms. The van der Waals surface area contributed by atoms with Crippen LogP contribution in [0.25, 0.3) is 0 Å². The van der Waals surface area contributed by atoms with Crippen molar-refractivity contribution in [2.45, 2.75) is 19.4 Å². The zero-order valence-electron chi connectivity index (χ0n) is 14.9. The van der Waals surface area contributed by atoms with Gasteiger partial charge in [0.1, 0.15) is 0 Å². The predicted molar refractivity (Wildman–Crippen MR) is 104 cm³/mol. The smallest absolute Gasteiger partial charge is 0.191 e. The average Bonchev–Trinajstić information content (AvgIpc) is 2.62. The molecule has 2 N–H and O–H groups in total. The highest BCUT2D eigenvalue weighted by atomic mass is 15.2. The molecular formula is C20H28N4. The number of benzene rings is 2. The van der Waals surface area contributed by atoms with Gasteiger partial charge in [0.05, 0.1) is 0 Å². The van der Waals surface area contributed by atoms with E-state index >= 15 is 0 Å². The van der Waals surface area contributed by atoms with E-state index < -0.39 is 0 Å². The van der Waals surface area contributed by atoms with Crippen molar-refractivity contribution < 1.29 is 0 Å². The Morgan fingerprint density at radius 3 is 2.25 bits per heavy atom. The van der Waals surface area contributed by atoms with E-state index in [1.54, 1.807) is 0 Å². The van der Waals surface area contributed by atoms with E-state index in [0.29, 0.717) is 0 Å². The van der Waals surface area contributed by atoms with Crippen LogP contribution in [-0.4, -0.2) is 33.6 Å². The van der Waals surface area contributed by atoms with Gasteiger partial charge in [-0.1, -0.05) is 42.5 Å². The van der Waals surface area contributed by atoms with Gasteiger partial charge >= 0.3 is 0 Å². The lowest BCUT2D eigenvalue weighted by molar-refractivity contribution is 0.742. The summed E-state index contributed by atoms with van der Waals surface area (Å²) in [5.41, 5.74) is 3.83. The number of nitrogens with one attached hydrogen (secondary N) is 2. The Bertz CT molecular complexity index is 618. The number of aliphatic imine (C=N–C) groups is 1. The van der Waals surface area contributed by atoms with Gasteiger partial charge in [0.2, 0.25) is 0 Å². The molecule has 4 heteroatoms. The normalized spacial score (nSPS) is 11.2. The molecule has 0 saturated carbocycles. The molecule has 128 valence electrons. The Balaban J connectivity index is 1.70. The summed E-state index contributed by atoms with van der Waals surface area (Å²) in [6.07, 6.45) is 2.17. The SMILES string of the molecule is CN=C(NCCCc1ccccc1)NCc1ccc(N(C)C)cc1. The Labute approximate surface area is 145 Å². The van der Waals surface area contributed by atoms with Gasteiger partial charge in [0.25, 0.3) is 0 Å². The lowest BCUT2D eigenvalue weighted by Gasteiger charge is -2.14. The first-order valence-electron chi connectivity index (χ1n) is 8.44. The largest absolute Gasteiger partial charge is 0.378 e. The maximum atomic E-state index is 4.28. The van der Waals surface area contributed by atoms with Crippen LogP contribution in [0, 0.1) is 0 Å². The highest BCUT2D eigenvalue weighted by Crippen LogP contribution is 2.11. The van der Waals surface area contributed by atoms with Gasteiger partial charge in [-0.3, -0.25) is 4.99 Å². The number of rotatable bonds is 7. The molecule has 0 spiro atoms. The molecule has 0 heterocycles. The number of anilines is 1. The minimum atomic E-state index is 0.770. The fourth-order valence-corrected chi connectivity index (χ4v) is 2.46. The monoisotopic (exact) mass is 324 g/mol. The van der Waals surface area contributed by atoms with Crippen LogP contribution in [0.3, 0.4) is 0 Å². The summed E-state index contributed by atoms with van der Waals surface area (Å²) in [4.78, 5) is 6.38. The summed E-state index contributed by atoms with van der Waals surface area (Å²) < 4.78 is 0. The first kappa shape index (κ1) is 17.9. The maximum absolute atomic E-state index is 4.28. The van der Waals surface area contributed by atoms with E-state index in [9.17, 15) is 0 Å². The Kier molecular flexibility index (Phi) is 7.15. The Morgan fingerprint density at radius 1 is 0.917 bits per heavy atom. The number of guanidine groups is 1. The Morgan fingerprint density at radius 2 is 1.62 bits per heavy atom. The topological polar surface area (TPSA) is 39.7 Å². The van der Waals surface area contributed by atoms with Gasteiger partial charge in [-0.25, -0.2) is 0 Å². The van der Waals surface area contributed by atoms with Crippen LogP contribution in [0.5, 0.6) is 0 Å². The van der Waals surface area contributed by atoms with E-state index in [2.05, 4.69) is 89.2 Å². The van der Waals surface area contributed by atoms with Gasteiger partial charge in [-0.15, -0.1) is 0 Å². The Hall–Kier alpha value is -2.49. The molecule has 0 radical (unpaired) electrons. The van der Waals surface area contributed by atoms with Crippen molar-refractivity contribution in [1.82, 2.24) is 10.6 Å². The van der Waals surface area contributed by atoms with Gasteiger partial charge in [-0.2, -0.15) is 0 Å². The van der Waals surface area contributed by atoms with Crippen molar-refractivity contribution >= 4 is 11.6 Å². The first-order valence-corrected chi connectivity index (χ1v) is 8.44. The van der Waals surface area contributed by atoms with Crippen molar-refractivity contribution in [3.63, 3.8) is 0 Å².